The molecule has 0 aromatic carbocycles. The minimum atomic E-state index is -0.388. The molecule has 66 valence electrons. The van der Waals surface area contributed by atoms with E-state index in [1.165, 1.54) is 12.2 Å². The summed E-state index contributed by atoms with van der Waals surface area (Å²) in [6.45, 7) is 7.10. The van der Waals surface area contributed by atoms with E-state index in [9.17, 15) is 10.1 Å². The molecule has 0 atom stereocenters. The molecule has 0 aromatic heterocycles. The molecule has 0 unspecified atom stereocenters. The molecule has 0 aliphatic rings. The highest BCUT2D eigenvalue weighted by Crippen LogP contribution is 2.13. The van der Waals surface area contributed by atoms with E-state index in [1.54, 1.807) is 13.0 Å². The van der Waals surface area contributed by atoms with Crippen molar-refractivity contribution < 1.29 is 4.92 Å². The predicted octanol–water partition coefficient (Wildman–Crippen LogP) is 2.69. The van der Waals surface area contributed by atoms with Gasteiger partial charge in [0.15, 0.2) is 0 Å². The van der Waals surface area contributed by atoms with Crippen LogP contribution in [0.2, 0.25) is 0 Å². The van der Waals surface area contributed by atoms with Gasteiger partial charge >= 0.3 is 0 Å². The topological polar surface area (TPSA) is 43.1 Å². The van der Waals surface area contributed by atoms with Gasteiger partial charge in [0.25, 0.3) is 5.70 Å². The number of nitrogens with zero attached hydrogens (tertiary/aromatic N) is 1. The zero-order valence-electron chi connectivity index (χ0n) is 7.41. The van der Waals surface area contributed by atoms with Crippen molar-refractivity contribution in [1.29, 1.82) is 0 Å². The summed E-state index contributed by atoms with van der Waals surface area (Å²) in [4.78, 5) is 10.1. The first kappa shape index (κ1) is 10.6. The lowest BCUT2D eigenvalue weighted by atomic mass is 10.1. The van der Waals surface area contributed by atoms with E-state index in [4.69, 9.17) is 0 Å². The monoisotopic (exact) mass is 167 g/mol. The van der Waals surface area contributed by atoms with Gasteiger partial charge in [-0.05, 0) is 13.3 Å². The van der Waals surface area contributed by atoms with Crippen molar-refractivity contribution in [2.75, 3.05) is 0 Å². The molecule has 0 aliphatic carbocycles. The molecule has 3 heteroatoms. The molecule has 0 aliphatic heterocycles. The summed E-state index contributed by atoms with van der Waals surface area (Å²) in [5, 5.41) is 10.5. The Labute approximate surface area is 72.2 Å². The van der Waals surface area contributed by atoms with Crippen molar-refractivity contribution in [3.63, 3.8) is 0 Å². The molecule has 0 N–H and O–H groups in total. The Morgan fingerprint density at radius 3 is 2.50 bits per heavy atom. The van der Waals surface area contributed by atoms with Gasteiger partial charge < -0.3 is 0 Å². The van der Waals surface area contributed by atoms with Gasteiger partial charge in [-0.1, -0.05) is 25.7 Å². The molecule has 0 saturated heterocycles. The van der Waals surface area contributed by atoms with Gasteiger partial charge in [0.05, 0.1) is 4.92 Å². The molecule has 0 saturated carbocycles. The molecule has 12 heavy (non-hydrogen) atoms. The molecule has 0 fully saturated rings. The third-order valence-corrected chi connectivity index (χ3v) is 1.53. The first-order valence-electron chi connectivity index (χ1n) is 3.80. The first-order valence-corrected chi connectivity index (χ1v) is 3.80. The fraction of sp³-hybridized carbons (Fsp3) is 0.333. The van der Waals surface area contributed by atoms with Gasteiger partial charge in [-0.3, -0.25) is 10.1 Å². The van der Waals surface area contributed by atoms with Gasteiger partial charge in [-0.15, -0.1) is 0 Å². The van der Waals surface area contributed by atoms with E-state index in [0.717, 1.165) is 5.57 Å². The van der Waals surface area contributed by atoms with Gasteiger partial charge in [0.2, 0.25) is 0 Å². The number of allylic oxidation sites excluding steroid dienone is 4. The summed E-state index contributed by atoms with van der Waals surface area (Å²) in [5.74, 6) is 0. The zero-order chi connectivity index (χ0) is 9.56. The highest BCUT2D eigenvalue weighted by Gasteiger charge is 2.12. The Kier molecular flexibility index (Phi) is 4.69. The Hall–Kier alpha value is -1.38. The SMILES string of the molecule is C=C/C=C(\C(=C/C)CC)[N+](=O)[O-]. The summed E-state index contributed by atoms with van der Waals surface area (Å²) in [7, 11) is 0. The molecule has 0 heterocycles. The largest absolute Gasteiger partial charge is 0.272 e. The van der Waals surface area contributed by atoms with E-state index >= 15 is 0 Å². The lowest BCUT2D eigenvalue weighted by Gasteiger charge is -1.98. The maximum Gasteiger partial charge on any atom is 0.272 e. The van der Waals surface area contributed by atoms with E-state index in [2.05, 4.69) is 6.58 Å². The summed E-state index contributed by atoms with van der Waals surface area (Å²) >= 11 is 0. The van der Waals surface area contributed by atoms with Gasteiger partial charge in [0, 0.05) is 11.6 Å². The molecule has 3 nitrogen and oxygen atoms in total. The molecule has 0 rings (SSSR count). The number of nitro groups is 1. The van der Waals surface area contributed by atoms with Crippen LogP contribution >= 0.6 is 0 Å². The van der Waals surface area contributed by atoms with E-state index in [0.29, 0.717) is 6.42 Å². The van der Waals surface area contributed by atoms with Crippen molar-refractivity contribution in [2.45, 2.75) is 20.3 Å². The maximum atomic E-state index is 10.5. The fourth-order valence-electron chi connectivity index (χ4n) is 0.930. The van der Waals surface area contributed by atoms with E-state index in [-0.39, 0.29) is 10.6 Å². The van der Waals surface area contributed by atoms with Crippen LogP contribution in [0, 0.1) is 10.1 Å². The molecule has 0 radical (unpaired) electrons. The van der Waals surface area contributed by atoms with Crippen molar-refractivity contribution in [2.24, 2.45) is 0 Å². The summed E-state index contributed by atoms with van der Waals surface area (Å²) in [6.07, 6.45) is 5.26. The Morgan fingerprint density at radius 1 is 1.67 bits per heavy atom. The molecule has 0 amide bonds. The van der Waals surface area contributed by atoms with Crippen molar-refractivity contribution in [3.8, 4) is 0 Å². The Morgan fingerprint density at radius 2 is 2.25 bits per heavy atom. The molecule has 0 aromatic rings. The summed E-state index contributed by atoms with van der Waals surface area (Å²) < 4.78 is 0. The van der Waals surface area contributed by atoms with Crippen LogP contribution in [0.3, 0.4) is 0 Å². The Bertz CT molecular complexity index is 239. The number of hydrogen-bond donors (Lipinski definition) is 0. The summed E-state index contributed by atoms with van der Waals surface area (Å²) in [5.41, 5.74) is 0.870. The predicted molar refractivity (Wildman–Crippen MR) is 49.3 cm³/mol. The minimum absolute atomic E-state index is 0.134. The van der Waals surface area contributed by atoms with Crippen molar-refractivity contribution in [3.05, 3.63) is 46.2 Å². The fourth-order valence-corrected chi connectivity index (χ4v) is 0.930. The summed E-state index contributed by atoms with van der Waals surface area (Å²) in [6, 6.07) is 0. The van der Waals surface area contributed by atoms with Crippen LogP contribution in [0.5, 0.6) is 0 Å². The normalized spacial score (nSPS) is 12.8. The van der Waals surface area contributed by atoms with Crippen LogP contribution in [0.4, 0.5) is 0 Å². The van der Waals surface area contributed by atoms with Crippen LogP contribution in [-0.4, -0.2) is 4.92 Å². The lowest BCUT2D eigenvalue weighted by Crippen LogP contribution is -2.01. The van der Waals surface area contributed by atoms with Gasteiger partial charge in [-0.25, -0.2) is 0 Å². The van der Waals surface area contributed by atoms with Crippen LogP contribution in [0.1, 0.15) is 20.3 Å². The molecule has 0 bridgehead atoms. The molecular formula is C9H13NO2. The third kappa shape index (κ3) is 2.70. The van der Waals surface area contributed by atoms with Gasteiger partial charge in [-0.2, -0.15) is 0 Å². The quantitative estimate of drug-likeness (QED) is 0.367. The standard InChI is InChI=1S/C9H13NO2/c1-4-7-9(10(11)12)8(5-2)6-3/h4-5,7H,1,6H2,2-3H3/b8-5-,9-7+. The molecule has 0 spiro atoms. The van der Waals surface area contributed by atoms with E-state index in [1.807, 2.05) is 6.92 Å². The maximum absolute atomic E-state index is 10.5. The smallest absolute Gasteiger partial charge is 0.258 e. The van der Waals surface area contributed by atoms with E-state index < -0.39 is 0 Å². The second-order valence-corrected chi connectivity index (χ2v) is 2.21. The minimum Gasteiger partial charge on any atom is -0.258 e. The average molecular weight is 167 g/mol. The van der Waals surface area contributed by atoms with Crippen molar-refractivity contribution >= 4 is 0 Å². The second kappa shape index (κ2) is 5.29. The zero-order valence-corrected chi connectivity index (χ0v) is 7.41. The molecular weight excluding hydrogens is 154 g/mol. The van der Waals surface area contributed by atoms with Crippen molar-refractivity contribution in [1.82, 2.24) is 0 Å². The Balaban J connectivity index is 4.86. The number of hydrogen-bond acceptors (Lipinski definition) is 2. The second-order valence-electron chi connectivity index (χ2n) is 2.21. The average Bonchev–Trinajstić information content (AvgIpc) is 2.05. The highest BCUT2D eigenvalue weighted by atomic mass is 16.6. The first-order chi connectivity index (χ1) is 5.67. The van der Waals surface area contributed by atoms with Gasteiger partial charge in [0.1, 0.15) is 0 Å². The third-order valence-electron chi connectivity index (χ3n) is 1.53. The highest BCUT2D eigenvalue weighted by molar-refractivity contribution is 5.26. The lowest BCUT2D eigenvalue weighted by molar-refractivity contribution is -0.421. The van der Waals surface area contributed by atoms with Crippen LogP contribution in [0.15, 0.2) is 36.1 Å². The van der Waals surface area contributed by atoms with Crippen LogP contribution in [-0.2, 0) is 0 Å². The number of rotatable bonds is 4. The van der Waals surface area contributed by atoms with Crippen LogP contribution < -0.4 is 0 Å². The van der Waals surface area contributed by atoms with Crippen LogP contribution in [0.25, 0.3) is 0 Å².